The lowest BCUT2D eigenvalue weighted by Crippen LogP contribution is -2.03. The summed E-state index contributed by atoms with van der Waals surface area (Å²) in [5.41, 5.74) is 0.593. The van der Waals surface area contributed by atoms with Crippen LogP contribution in [0.1, 0.15) is 5.56 Å². The fourth-order valence-electron chi connectivity index (χ4n) is 1.62. The highest BCUT2D eigenvalue weighted by atomic mass is 32.2. The smallest absolute Gasteiger partial charge is 0.302 e. The highest BCUT2D eigenvalue weighted by Gasteiger charge is 2.29. The van der Waals surface area contributed by atoms with Gasteiger partial charge in [0.1, 0.15) is 0 Å². The van der Waals surface area contributed by atoms with Crippen LogP contribution in [0.15, 0.2) is 53.4 Å². The van der Waals surface area contributed by atoms with Gasteiger partial charge in [0.25, 0.3) is 0 Å². The van der Waals surface area contributed by atoms with Crippen LogP contribution in [0, 0.1) is 0 Å². The van der Waals surface area contributed by atoms with E-state index in [1.807, 2.05) is 0 Å². The first-order valence-corrected chi connectivity index (χ1v) is 6.37. The molecule has 0 aliphatic rings. The Kier molecular flexibility index (Phi) is 3.73. The molecule has 1 N–H and O–H groups in total. The quantitative estimate of drug-likeness (QED) is 0.849. The molecular weight excluding hydrogens is 277 g/mol. The predicted octanol–water partition coefficient (Wildman–Crippen LogP) is 3.95. The molecule has 19 heavy (non-hydrogen) atoms. The van der Waals surface area contributed by atoms with E-state index in [1.165, 1.54) is 24.3 Å². The second-order valence-electron chi connectivity index (χ2n) is 3.85. The largest absolute Gasteiger partial charge is 0.416 e. The Balaban J connectivity index is 2.30. The molecule has 0 heterocycles. The molecule has 2 rings (SSSR count). The van der Waals surface area contributed by atoms with Crippen molar-refractivity contribution in [2.24, 2.45) is 0 Å². The third-order valence-electron chi connectivity index (χ3n) is 2.60. The van der Waals surface area contributed by atoms with Crippen molar-refractivity contribution in [1.82, 2.24) is 0 Å². The molecule has 0 saturated carbocycles. The topological polar surface area (TPSA) is 37.3 Å². The first-order chi connectivity index (χ1) is 8.88. The van der Waals surface area contributed by atoms with Crippen LogP contribution in [-0.4, -0.2) is 8.76 Å². The van der Waals surface area contributed by atoms with Crippen molar-refractivity contribution in [3.8, 4) is 11.1 Å². The molecule has 0 amide bonds. The molecule has 1 unspecified atom stereocenters. The molecule has 0 spiro atoms. The van der Waals surface area contributed by atoms with Crippen LogP contribution >= 0.6 is 0 Å². The van der Waals surface area contributed by atoms with Crippen molar-refractivity contribution in [3.63, 3.8) is 0 Å². The molecule has 2 aromatic rings. The van der Waals surface area contributed by atoms with Crippen molar-refractivity contribution in [3.05, 3.63) is 54.1 Å². The maximum absolute atomic E-state index is 12.4. The van der Waals surface area contributed by atoms with Gasteiger partial charge in [0.2, 0.25) is 0 Å². The number of alkyl halides is 3. The fraction of sp³-hybridized carbons (Fsp3) is 0.0769. The van der Waals surface area contributed by atoms with E-state index in [1.54, 1.807) is 12.1 Å². The highest BCUT2D eigenvalue weighted by molar-refractivity contribution is 7.79. The van der Waals surface area contributed by atoms with Crippen LogP contribution in [0.5, 0.6) is 0 Å². The molecule has 2 nitrogen and oxygen atoms in total. The standard InChI is InChI=1S/C13H9F3O2S/c14-13(15,16)11-5-1-9(2-6-11)10-3-7-12(8-4-10)19(17)18/h1-8H,(H,17,18). The molecule has 1 atom stereocenters. The molecule has 0 bridgehead atoms. The zero-order valence-corrected chi connectivity index (χ0v) is 10.3. The zero-order valence-electron chi connectivity index (χ0n) is 9.52. The number of halogens is 3. The monoisotopic (exact) mass is 286 g/mol. The highest BCUT2D eigenvalue weighted by Crippen LogP contribution is 2.31. The minimum atomic E-state index is -4.35. The maximum atomic E-state index is 12.4. The first-order valence-electron chi connectivity index (χ1n) is 5.26. The van der Waals surface area contributed by atoms with E-state index >= 15 is 0 Å². The van der Waals surface area contributed by atoms with Gasteiger partial charge in [-0.1, -0.05) is 24.3 Å². The van der Waals surface area contributed by atoms with Gasteiger partial charge >= 0.3 is 6.18 Å². The van der Waals surface area contributed by atoms with Gasteiger partial charge in [-0.05, 0) is 35.4 Å². The van der Waals surface area contributed by atoms with E-state index in [-0.39, 0.29) is 4.90 Å². The Labute approximate surface area is 110 Å². The molecular formula is C13H9F3O2S. The molecule has 100 valence electrons. The van der Waals surface area contributed by atoms with Crippen LogP contribution in [0.4, 0.5) is 13.2 Å². The minimum Gasteiger partial charge on any atom is -0.302 e. The average Bonchev–Trinajstić information content (AvgIpc) is 2.38. The average molecular weight is 286 g/mol. The van der Waals surface area contributed by atoms with Gasteiger partial charge in [0, 0.05) is 0 Å². The van der Waals surface area contributed by atoms with E-state index in [2.05, 4.69) is 0 Å². The third-order valence-corrected chi connectivity index (χ3v) is 3.28. The summed E-state index contributed by atoms with van der Waals surface area (Å²) in [7, 11) is 0. The van der Waals surface area contributed by atoms with Gasteiger partial charge in [-0.3, -0.25) is 0 Å². The second kappa shape index (κ2) is 5.14. The summed E-state index contributed by atoms with van der Waals surface area (Å²) >= 11 is -2.06. The molecule has 0 aliphatic heterocycles. The van der Waals surface area contributed by atoms with Gasteiger partial charge in [-0.2, -0.15) is 13.2 Å². The molecule has 6 heteroatoms. The summed E-state index contributed by atoms with van der Waals surface area (Å²) in [6, 6.07) is 10.9. The van der Waals surface area contributed by atoms with Crippen LogP contribution in [0.25, 0.3) is 11.1 Å². The lowest BCUT2D eigenvalue weighted by Gasteiger charge is -2.08. The zero-order chi connectivity index (χ0) is 14.0. The Morgan fingerprint density at radius 1 is 0.842 bits per heavy atom. The molecule has 0 aliphatic carbocycles. The van der Waals surface area contributed by atoms with Gasteiger partial charge in [-0.25, -0.2) is 4.21 Å². The summed E-state index contributed by atoms with van der Waals surface area (Å²) in [6.45, 7) is 0. The Bertz CT molecular complexity index is 589. The van der Waals surface area contributed by atoms with E-state index in [0.29, 0.717) is 11.1 Å². The van der Waals surface area contributed by atoms with E-state index in [0.717, 1.165) is 12.1 Å². The maximum Gasteiger partial charge on any atom is 0.416 e. The summed E-state index contributed by atoms with van der Waals surface area (Å²) in [6.07, 6.45) is -4.35. The minimum absolute atomic E-state index is 0.246. The molecule has 0 aromatic heterocycles. The predicted molar refractivity (Wildman–Crippen MR) is 65.9 cm³/mol. The summed E-state index contributed by atoms with van der Waals surface area (Å²) in [5.74, 6) is 0. The molecule has 0 fully saturated rings. The van der Waals surface area contributed by atoms with Gasteiger partial charge in [0.15, 0.2) is 11.1 Å². The number of hydrogen-bond acceptors (Lipinski definition) is 1. The van der Waals surface area contributed by atoms with Crippen molar-refractivity contribution >= 4 is 11.1 Å². The van der Waals surface area contributed by atoms with Crippen molar-refractivity contribution in [2.75, 3.05) is 0 Å². The Morgan fingerprint density at radius 2 is 1.26 bits per heavy atom. The second-order valence-corrected chi connectivity index (χ2v) is 4.82. The first kappa shape index (κ1) is 13.8. The summed E-state index contributed by atoms with van der Waals surface area (Å²) < 4.78 is 56.9. The lowest BCUT2D eigenvalue weighted by molar-refractivity contribution is -0.137. The van der Waals surface area contributed by atoms with Gasteiger partial charge in [-0.15, -0.1) is 0 Å². The van der Waals surface area contributed by atoms with Crippen molar-refractivity contribution in [1.29, 1.82) is 0 Å². The molecule has 0 saturated heterocycles. The van der Waals surface area contributed by atoms with Crippen LogP contribution < -0.4 is 0 Å². The number of hydrogen-bond donors (Lipinski definition) is 1. The van der Waals surface area contributed by atoms with Crippen molar-refractivity contribution < 1.29 is 21.9 Å². The van der Waals surface area contributed by atoms with Gasteiger partial charge < -0.3 is 4.55 Å². The number of benzene rings is 2. The Morgan fingerprint density at radius 3 is 1.63 bits per heavy atom. The van der Waals surface area contributed by atoms with Crippen LogP contribution in [-0.2, 0) is 17.3 Å². The van der Waals surface area contributed by atoms with Crippen molar-refractivity contribution in [2.45, 2.75) is 11.1 Å². The van der Waals surface area contributed by atoms with E-state index < -0.39 is 22.8 Å². The van der Waals surface area contributed by atoms with Gasteiger partial charge in [0.05, 0.1) is 10.5 Å². The fourth-order valence-corrected chi connectivity index (χ4v) is 1.98. The van der Waals surface area contributed by atoms with E-state index in [9.17, 15) is 17.4 Å². The summed E-state index contributed by atoms with van der Waals surface area (Å²) in [4.78, 5) is 0.246. The van der Waals surface area contributed by atoms with Crippen LogP contribution in [0.2, 0.25) is 0 Å². The normalized spacial score (nSPS) is 13.3. The molecule has 2 aromatic carbocycles. The SMILES string of the molecule is O=S(O)c1ccc(-c2ccc(C(F)(F)F)cc2)cc1. The number of rotatable bonds is 2. The lowest BCUT2D eigenvalue weighted by atomic mass is 10.0. The van der Waals surface area contributed by atoms with Crippen LogP contribution in [0.3, 0.4) is 0 Å². The van der Waals surface area contributed by atoms with E-state index in [4.69, 9.17) is 4.55 Å². The Hall–Kier alpha value is -1.66. The summed E-state index contributed by atoms with van der Waals surface area (Å²) in [5, 5.41) is 0. The molecule has 0 radical (unpaired) electrons. The third kappa shape index (κ3) is 3.21.